The van der Waals surface area contributed by atoms with Gasteiger partial charge >= 0.3 is 0 Å². The maximum Gasteiger partial charge on any atom is 0.264 e. The van der Waals surface area contributed by atoms with E-state index in [4.69, 9.17) is 11.6 Å². The van der Waals surface area contributed by atoms with Crippen molar-refractivity contribution in [3.8, 4) is 0 Å². The number of hydrogen-bond donors (Lipinski definition) is 1. The van der Waals surface area contributed by atoms with Gasteiger partial charge in [0.2, 0.25) is 5.91 Å². The Hall–Kier alpha value is -2.35. The number of benzene rings is 3. The number of carbonyl (C=O) groups excluding carboxylic acids is 1. The van der Waals surface area contributed by atoms with Gasteiger partial charge in [0.1, 0.15) is 6.54 Å². The number of sulfonamides is 1. The maximum absolute atomic E-state index is 13.3. The summed E-state index contributed by atoms with van der Waals surface area (Å²) in [6.45, 7) is 1.81. The molecule has 3 rings (SSSR count). The Morgan fingerprint density at radius 1 is 0.967 bits per heavy atom. The number of carbonyl (C=O) groups is 1. The van der Waals surface area contributed by atoms with E-state index in [1.807, 2.05) is 6.92 Å². The molecule has 0 spiro atoms. The van der Waals surface area contributed by atoms with Crippen molar-refractivity contribution in [3.05, 3.63) is 93.4 Å². The second-order valence-corrected chi connectivity index (χ2v) is 9.92. The van der Waals surface area contributed by atoms with Gasteiger partial charge in [0, 0.05) is 16.0 Å². The third kappa shape index (κ3) is 5.62. The maximum atomic E-state index is 13.3. The molecular formula is C22H20BrClN2O3S. The van der Waals surface area contributed by atoms with Gasteiger partial charge in [-0.15, -0.1) is 0 Å². The second kappa shape index (κ2) is 9.64. The summed E-state index contributed by atoms with van der Waals surface area (Å²) < 4.78 is 28.5. The molecule has 1 amide bonds. The fraction of sp³-hybridized carbons (Fsp3) is 0.136. The lowest BCUT2D eigenvalue weighted by Gasteiger charge is -2.24. The minimum absolute atomic E-state index is 0.126. The van der Waals surface area contributed by atoms with Crippen molar-refractivity contribution in [2.24, 2.45) is 0 Å². The van der Waals surface area contributed by atoms with Gasteiger partial charge in [-0.25, -0.2) is 8.42 Å². The second-order valence-electron chi connectivity index (χ2n) is 6.70. The van der Waals surface area contributed by atoms with Gasteiger partial charge in [-0.3, -0.25) is 9.10 Å². The van der Waals surface area contributed by atoms with Crippen molar-refractivity contribution in [3.63, 3.8) is 0 Å². The highest BCUT2D eigenvalue weighted by molar-refractivity contribution is 9.10. The van der Waals surface area contributed by atoms with Crippen molar-refractivity contribution in [1.82, 2.24) is 5.32 Å². The Morgan fingerprint density at radius 2 is 1.57 bits per heavy atom. The van der Waals surface area contributed by atoms with Gasteiger partial charge in [-0.2, -0.15) is 0 Å². The molecular weight excluding hydrogens is 488 g/mol. The van der Waals surface area contributed by atoms with E-state index in [1.54, 1.807) is 72.8 Å². The highest BCUT2D eigenvalue weighted by Gasteiger charge is 2.27. The first-order valence-electron chi connectivity index (χ1n) is 9.12. The van der Waals surface area contributed by atoms with E-state index in [0.717, 1.165) is 19.9 Å². The fourth-order valence-electron chi connectivity index (χ4n) is 2.75. The van der Waals surface area contributed by atoms with Crippen LogP contribution in [0.15, 0.2) is 82.2 Å². The molecule has 30 heavy (non-hydrogen) atoms. The number of halogens is 2. The molecule has 1 N–H and O–H groups in total. The van der Waals surface area contributed by atoms with Crippen LogP contribution >= 0.6 is 27.5 Å². The van der Waals surface area contributed by atoms with Crippen LogP contribution in [0.5, 0.6) is 0 Å². The van der Waals surface area contributed by atoms with E-state index in [0.29, 0.717) is 10.7 Å². The van der Waals surface area contributed by atoms with Crippen LogP contribution < -0.4 is 9.62 Å². The molecule has 0 aliphatic carbocycles. The number of nitrogens with one attached hydrogen (secondary N) is 1. The lowest BCUT2D eigenvalue weighted by Crippen LogP contribution is -2.40. The Morgan fingerprint density at radius 3 is 2.17 bits per heavy atom. The molecule has 0 aliphatic heterocycles. The standard InChI is InChI=1S/C22H20BrClN2O3S/c1-16-2-12-21(13-3-16)30(28,29)26(20-10-6-18(23)7-11-20)15-22(27)25-14-17-4-8-19(24)9-5-17/h2-13H,14-15H2,1H3,(H,25,27). The van der Waals surface area contributed by atoms with Crippen LogP contribution in [0.25, 0.3) is 0 Å². The smallest absolute Gasteiger partial charge is 0.264 e. The molecule has 0 atom stereocenters. The van der Waals surface area contributed by atoms with Crippen molar-refractivity contribution in [1.29, 1.82) is 0 Å². The summed E-state index contributed by atoms with van der Waals surface area (Å²) in [6.07, 6.45) is 0. The molecule has 0 aliphatic rings. The number of hydrogen-bond acceptors (Lipinski definition) is 3. The molecule has 3 aromatic carbocycles. The zero-order valence-electron chi connectivity index (χ0n) is 16.2. The number of anilines is 1. The minimum atomic E-state index is -3.93. The summed E-state index contributed by atoms with van der Waals surface area (Å²) in [7, 11) is -3.93. The highest BCUT2D eigenvalue weighted by Crippen LogP contribution is 2.25. The van der Waals surface area contributed by atoms with Crippen molar-refractivity contribution >= 4 is 49.1 Å². The molecule has 156 valence electrons. The minimum Gasteiger partial charge on any atom is -0.350 e. The molecule has 0 unspecified atom stereocenters. The van der Waals surface area contributed by atoms with Crippen molar-refractivity contribution in [2.75, 3.05) is 10.8 Å². The van der Waals surface area contributed by atoms with Crippen LogP contribution in [0.3, 0.4) is 0 Å². The summed E-state index contributed by atoms with van der Waals surface area (Å²) >= 11 is 9.22. The molecule has 0 aromatic heterocycles. The summed E-state index contributed by atoms with van der Waals surface area (Å²) in [5.74, 6) is -0.413. The normalized spacial score (nSPS) is 11.2. The molecule has 0 saturated carbocycles. The predicted molar refractivity (Wildman–Crippen MR) is 123 cm³/mol. The third-order valence-corrected chi connectivity index (χ3v) is 6.98. The number of rotatable bonds is 7. The first-order chi connectivity index (χ1) is 14.3. The summed E-state index contributed by atoms with van der Waals surface area (Å²) in [5, 5.41) is 3.37. The molecule has 0 radical (unpaired) electrons. The number of amides is 1. The quantitative estimate of drug-likeness (QED) is 0.493. The topological polar surface area (TPSA) is 66.5 Å². The first kappa shape index (κ1) is 22.3. The summed E-state index contributed by atoms with van der Waals surface area (Å²) in [6, 6.07) is 20.4. The average molecular weight is 508 g/mol. The van der Waals surface area contributed by atoms with Crippen LogP contribution in [-0.2, 0) is 21.4 Å². The molecule has 5 nitrogen and oxygen atoms in total. The van der Waals surface area contributed by atoms with Crippen molar-refractivity contribution in [2.45, 2.75) is 18.4 Å². The van der Waals surface area contributed by atoms with Crippen LogP contribution in [0.1, 0.15) is 11.1 Å². The van der Waals surface area contributed by atoms with Gasteiger partial charge < -0.3 is 5.32 Å². The average Bonchev–Trinajstić information content (AvgIpc) is 2.72. The van der Waals surface area contributed by atoms with Crippen LogP contribution in [0, 0.1) is 6.92 Å². The molecule has 3 aromatic rings. The van der Waals surface area contributed by atoms with Gasteiger partial charge in [-0.1, -0.05) is 57.4 Å². The van der Waals surface area contributed by atoms with Crippen molar-refractivity contribution < 1.29 is 13.2 Å². The Balaban J connectivity index is 1.84. The molecule has 0 fully saturated rings. The number of nitrogens with zero attached hydrogens (tertiary/aromatic N) is 1. The lowest BCUT2D eigenvalue weighted by molar-refractivity contribution is -0.119. The first-order valence-corrected chi connectivity index (χ1v) is 11.7. The van der Waals surface area contributed by atoms with Crippen LogP contribution in [-0.4, -0.2) is 20.9 Å². The molecule has 0 saturated heterocycles. The number of aryl methyl sites for hydroxylation is 1. The van der Waals surface area contributed by atoms with E-state index in [-0.39, 0.29) is 18.0 Å². The fourth-order valence-corrected chi connectivity index (χ4v) is 4.56. The highest BCUT2D eigenvalue weighted by atomic mass is 79.9. The monoisotopic (exact) mass is 506 g/mol. The van der Waals surface area contributed by atoms with Gasteiger partial charge in [-0.05, 0) is 61.0 Å². The van der Waals surface area contributed by atoms with E-state index in [9.17, 15) is 13.2 Å². The largest absolute Gasteiger partial charge is 0.350 e. The molecule has 0 heterocycles. The Labute approximate surface area is 189 Å². The zero-order valence-corrected chi connectivity index (χ0v) is 19.3. The van der Waals surface area contributed by atoms with E-state index < -0.39 is 15.9 Å². The predicted octanol–water partition coefficient (Wildman–Crippen LogP) is 4.92. The Bertz CT molecular complexity index is 1120. The van der Waals surface area contributed by atoms with Crippen LogP contribution in [0.2, 0.25) is 5.02 Å². The Kier molecular flexibility index (Phi) is 7.18. The lowest BCUT2D eigenvalue weighted by atomic mass is 10.2. The SMILES string of the molecule is Cc1ccc(S(=O)(=O)N(CC(=O)NCc2ccc(Cl)cc2)c2ccc(Br)cc2)cc1. The van der Waals surface area contributed by atoms with E-state index >= 15 is 0 Å². The van der Waals surface area contributed by atoms with E-state index in [2.05, 4.69) is 21.2 Å². The van der Waals surface area contributed by atoms with Gasteiger partial charge in [0.15, 0.2) is 0 Å². The third-order valence-electron chi connectivity index (χ3n) is 4.41. The summed E-state index contributed by atoms with van der Waals surface area (Å²) in [4.78, 5) is 12.7. The van der Waals surface area contributed by atoms with Gasteiger partial charge in [0.05, 0.1) is 10.6 Å². The zero-order chi connectivity index (χ0) is 21.7. The van der Waals surface area contributed by atoms with Crippen LogP contribution in [0.4, 0.5) is 5.69 Å². The van der Waals surface area contributed by atoms with Gasteiger partial charge in [0.25, 0.3) is 10.0 Å². The van der Waals surface area contributed by atoms with E-state index in [1.165, 1.54) is 0 Å². The molecule has 0 bridgehead atoms. The summed E-state index contributed by atoms with van der Waals surface area (Å²) in [5.41, 5.74) is 2.22. The molecule has 8 heteroatoms.